The molecule has 0 radical (unpaired) electrons. The van der Waals surface area contributed by atoms with Crippen LogP contribution < -0.4 is 10.2 Å². The Morgan fingerprint density at radius 1 is 1.10 bits per heavy atom. The third-order valence-electron chi connectivity index (χ3n) is 3.39. The minimum Gasteiger partial charge on any atom is -0.493 e. The van der Waals surface area contributed by atoms with Gasteiger partial charge in [0.15, 0.2) is 0 Å². The lowest BCUT2D eigenvalue weighted by atomic mass is 9.94. The summed E-state index contributed by atoms with van der Waals surface area (Å²) in [5, 5.41) is 2.48. The maximum atomic E-state index is 12.3. The summed E-state index contributed by atoms with van der Waals surface area (Å²) in [5.74, 6) is 0.0000968. The number of rotatable bonds is 3. The third kappa shape index (κ3) is 1.60. The molecule has 0 saturated carbocycles. The van der Waals surface area contributed by atoms with Crippen molar-refractivity contribution in [2.24, 2.45) is 0 Å². The van der Waals surface area contributed by atoms with Crippen molar-refractivity contribution in [1.82, 2.24) is 10.4 Å². The van der Waals surface area contributed by atoms with Crippen molar-refractivity contribution in [1.29, 1.82) is 0 Å². The van der Waals surface area contributed by atoms with Crippen molar-refractivity contribution >= 4 is 22.6 Å². The maximum Gasteiger partial charge on any atom is 0.275 e. The summed E-state index contributed by atoms with van der Waals surface area (Å²) in [7, 11) is 1.55. The monoisotopic (exact) mass is 270 g/mol. The molecule has 2 amide bonds. The van der Waals surface area contributed by atoms with Gasteiger partial charge >= 0.3 is 0 Å². The number of nitrogens with one attached hydrogen (secondary N) is 1. The molecule has 0 fully saturated rings. The Morgan fingerprint density at radius 2 is 1.80 bits per heavy atom. The number of benzene rings is 2. The van der Waals surface area contributed by atoms with Crippen LogP contribution in [0.1, 0.15) is 27.6 Å². The van der Waals surface area contributed by atoms with Gasteiger partial charge in [-0.3, -0.25) is 9.59 Å². The summed E-state index contributed by atoms with van der Waals surface area (Å²) in [6.45, 7) is 2.43. The summed E-state index contributed by atoms with van der Waals surface area (Å²) in [5.41, 5.74) is 3.64. The first-order valence-corrected chi connectivity index (χ1v) is 6.43. The smallest absolute Gasteiger partial charge is 0.275 e. The second-order valence-corrected chi connectivity index (χ2v) is 4.44. The van der Waals surface area contributed by atoms with Crippen LogP contribution >= 0.6 is 0 Å². The molecule has 2 aromatic rings. The van der Waals surface area contributed by atoms with E-state index < -0.39 is 0 Å². The first-order valence-electron chi connectivity index (χ1n) is 6.43. The molecule has 1 N–H and O–H groups in total. The fraction of sp³-hybridized carbons (Fsp3) is 0.200. The van der Waals surface area contributed by atoms with Crippen LogP contribution in [0.2, 0.25) is 0 Å². The van der Waals surface area contributed by atoms with Crippen LogP contribution in [0.25, 0.3) is 10.8 Å². The zero-order valence-electron chi connectivity index (χ0n) is 11.3. The van der Waals surface area contributed by atoms with Crippen molar-refractivity contribution in [2.75, 3.05) is 13.7 Å². The van der Waals surface area contributed by atoms with Gasteiger partial charge in [0, 0.05) is 17.8 Å². The molecule has 0 aliphatic carbocycles. The van der Waals surface area contributed by atoms with Gasteiger partial charge in [0.05, 0.1) is 17.7 Å². The van der Waals surface area contributed by atoms with E-state index in [1.54, 1.807) is 31.3 Å². The van der Waals surface area contributed by atoms with Crippen LogP contribution in [0.3, 0.4) is 0 Å². The summed E-state index contributed by atoms with van der Waals surface area (Å²) >= 11 is 0. The number of hydrazine groups is 1. The lowest BCUT2D eigenvalue weighted by molar-refractivity contribution is 0.0540. The number of hydrogen-bond acceptors (Lipinski definition) is 4. The molecule has 0 aromatic heterocycles. The summed E-state index contributed by atoms with van der Waals surface area (Å²) in [4.78, 5) is 24.6. The molecule has 3 rings (SSSR count). The molecule has 0 spiro atoms. The third-order valence-corrected chi connectivity index (χ3v) is 3.39. The Balaban J connectivity index is 2.35. The molecule has 1 aliphatic heterocycles. The molecule has 2 aromatic carbocycles. The van der Waals surface area contributed by atoms with Crippen LogP contribution in [0, 0.1) is 0 Å². The van der Waals surface area contributed by atoms with Crippen molar-refractivity contribution in [3.63, 3.8) is 0 Å². The molecule has 0 bridgehead atoms. The van der Waals surface area contributed by atoms with Gasteiger partial charge in [0.1, 0.15) is 5.75 Å². The molecule has 5 heteroatoms. The van der Waals surface area contributed by atoms with Crippen LogP contribution in [0.5, 0.6) is 5.75 Å². The second-order valence-electron chi connectivity index (χ2n) is 4.44. The van der Waals surface area contributed by atoms with E-state index in [0.717, 1.165) is 10.4 Å². The van der Waals surface area contributed by atoms with Gasteiger partial charge in [0.25, 0.3) is 11.8 Å². The van der Waals surface area contributed by atoms with E-state index in [9.17, 15) is 9.59 Å². The Hall–Kier alpha value is -2.40. The normalized spacial score (nSPS) is 14.0. The molecule has 1 heterocycles. The molecule has 1 aliphatic rings. The number of ether oxygens (including phenoxy) is 1. The molecule has 0 saturated heterocycles. The molecule has 0 atom stereocenters. The zero-order valence-corrected chi connectivity index (χ0v) is 11.3. The molecule has 0 unspecified atom stereocenters. The zero-order chi connectivity index (χ0) is 14.3. The predicted octanol–water partition coefficient (Wildman–Crippen LogP) is 1.97. The lowest BCUT2D eigenvalue weighted by Gasteiger charge is -2.26. The number of amides is 2. The van der Waals surface area contributed by atoms with Crippen molar-refractivity contribution in [3.05, 3.63) is 41.5 Å². The summed E-state index contributed by atoms with van der Waals surface area (Å²) < 4.78 is 5.57. The van der Waals surface area contributed by atoms with Crippen molar-refractivity contribution < 1.29 is 14.3 Å². The molecule has 20 heavy (non-hydrogen) atoms. The fourth-order valence-corrected chi connectivity index (χ4v) is 2.55. The Kier molecular flexibility index (Phi) is 2.91. The highest BCUT2D eigenvalue weighted by Crippen LogP contribution is 2.34. The van der Waals surface area contributed by atoms with Crippen LogP contribution in [-0.4, -0.2) is 30.5 Å². The highest BCUT2D eigenvalue weighted by molar-refractivity contribution is 6.25. The standard InChI is InChI=1S/C15H14N2O3/c1-3-20-12-8-7-11-13-9(12)5-4-6-10(13)14(18)17(16-2)15(11)19/h4-8,16H,3H2,1-2H3. The van der Waals surface area contributed by atoms with Crippen molar-refractivity contribution in [3.8, 4) is 5.75 Å². The average molecular weight is 270 g/mol. The number of carbonyl (C=O) groups excluding carboxylic acids is 2. The Bertz CT molecular complexity index is 702. The number of imide groups is 1. The lowest BCUT2D eigenvalue weighted by Crippen LogP contribution is -2.47. The van der Waals surface area contributed by atoms with Gasteiger partial charge < -0.3 is 4.74 Å². The van der Waals surface area contributed by atoms with Crippen LogP contribution in [0.4, 0.5) is 0 Å². The van der Waals surface area contributed by atoms with E-state index in [4.69, 9.17) is 4.74 Å². The number of hydrogen-bond donors (Lipinski definition) is 1. The maximum absolute atomic E-state index is 12.3. The number of carbonyl (C=O) groups is 2. The minimum atomic E-state index is -0.343. The quantitative estimate of drug-likeness (QED) is 0.866. The van der Waals surface area contributed by atoms with E-state index in [1.165, 1.54) is 0 Å². The minimum absolute atomic E-state index is 0.343. The molecular formula is C15H14N2O3. The van der Waals surface area contributed by atoms with Gasteiger partial charge in [-0.2, -0.15) is 0 Å². The van der Waals surface area contributed by atoms with Crippen LogP contribution in [0.15, 0.2) is 30.3 Å². The summed E-state index contributed by atoms with van der Waals surface area (Å²) in [6.07, 6.45) is 0. The Labute approximate surface area is 116 Å². The molecular weight excluding hydrogens is 256 g/mol. The van der Waals surface area contributed by atoms with Gasteiger partial charge in [0.2, 0.25) is 0 Å². The van der Waals surface area contributed by atoms with E-state index >= 15 is 0 Å². The van der Waals surface area contributed by atoms with Gasteiger partial charge in [-0.25, -0.2) is 10.4 Å². The van der Waals surface area contributed by atoms with Crippen molar-refractivity contribution in [2.45, 2.75) is 6.92 Å². The molecule has 102 valence electrons. The van der Waals surface area contributed by atoms with E-state index in [-0.39, 0.29) is 11.8 Å². The predicted molar refractivity (Wildman–Crippen MR) is 74.7 cm³/mol. The molecule has 5 nitrogen and oxygen atoms in total. The SMILES string of the molecule is CCOc1ccc2c3c(cccc13)C(=O)N(NC)C2=O. The fourth-order valence-electron chi connectivity index (χ4n) is 2.55. The van der Waals surface area contributed by atoms with Gasteiger partial charge in [-0.15, -0.1) is 0 Å². The highest BCUT2D eigenvalue weighted by atomic mass is 16.5. The van der Waals surface area contributed by atoms with E-state index in [0.29, 0.717) is 28.9 Å². The topological polar surface area (TPSA) is 58.6 Å². The second kappa shape index (κ2) is 4.61. The van der Waals surface area contributed by atoms with Gasteiger partial charge in [-0.1, -0.05) is 12.1 Å². The van der Waals surface area contributed by atoms with Crippen LogP contribution in [-0.2, 0) is 0 Å². The van der Waals surface area contributed by atoms with E-state index in [1.807, 2.05) is 13.0 Å². The van der Waals surface area contributed by atoms with Gasteiger partial charge in [-0.05, 0) is 25.1 Å². The Morgan fingerprint density at radius 3 is 2.45 bits per heavy atom. The first-order chi connectivity index (χ1) is 9.69. The first kappa shape index (κ1) is 12.6. The summed E-state index contributed by atoms with van der Waals surface area (Å²) in [6, 6.07) is 8.86. The average Bonchev–Trinajstić information content (AvgIpc) is 2.46. The highest BCUT2D eigenvalue weighted by Gasteiger charge is 2.32. The number of nitrogens with zero attached hydrogens (tertiary/aromatic N) is 1. The van der Waals surface area contributed by atoms with E-state index in [2.05, 4.69) is 5.43 Å². The largest absolute Gasteiger partial charge is 0.493 e.